The molecule has 0 aromatic heterocycles. The van der Waals surface area contributed by atoms with E-state index >= 15 is 0 Å². The van der Waals surface area contributed by atoms with Gasteiger partial charge in [0.2, 0.25) is 0 Å². The Morgan fingerprint density at radius 3 is 2.75 bits per heavy atom. The van der Waals surface area contributed by atoms with Crippen molar-refractivity contribution in [3.05, 3.63) is 5.84 Å². The predicted molar refractivity (Wildman–Crippen MR) is 30.2 cm³/mol. The van der Waals surface area contributed by atoms with Crippen LogP contribution in [-0.2, 0) is 4.74 Å². The summed E-state index contributed by atoms with van der Waals surface area (Å²) in [6, 6.07) is 0. The van der Waals surface area contributed by atoms with Crippen LogP contribution in [0.15, 0.2) is 0 Å². The summed E-state index contributed by atoms with van der Waals surface area (Å²) in [5.74, 6) is 7.17. The van der Waals surface area contributed by atoms with Crippen molar-refractivity contribution < 1.29 is 9.75 Å². The SMILES string of the molecule is C[NH+]([NH-])C1CCCO1. The summed E-state index contributed by atoms with van der Waals surface area (Å²) >= 11 is 0. The van der Waals surface area contributed by atoms with Gasteiger partial charge in [-0.25, -0.2) is 0 Å². The second kappa shape index (κ2) is 2.44. The number of ether oxygens (including phenoxy) is 1. The molecule has 2 unspecified atom stereocenters. The quantitative estimate of drug-likeness (QED) is 0.465. The molecular weight excluding hydrogens is 104 g/mol. The van der Waals surface area contributed by atoms with Crippen molar-refractivity contribution in [2.75, 3.05) is 13.7 Å². The molecule has 8 heavy (non-hydrogen) atoms. The molecule has 2 atom stereocenters. The van der Waals surface area contributed by atoms with Gasteiger partial charge in [0.05, 0.1) is 13.7 Å². The van der Waals surface area contributed by atoms with Crippen LogP contribution < -0.4 is 5.01 Å². The van der Waals surface area contributed by atoms with Gasteiger partial charge in [-0.15, -0.1) is 0 Å². The van der Waals surface area contributed by atoms with Crippen molar-refractivity contribution in [3.8, 4) is 0 Å². The minimum Gasteiger partial charge on any atom is -0.468 e. The Labute approximate surface area is 49.4 Å². The van der Waals surface area contributed by atoms with Crippen LogP contribution in [0.4, 0.5) is 0 Å². The molecule has 0 bridgehead atoms. The molecule has 0 aromatic rings. The van der Waals surface area contributed by atoms with Crippen molar-refractivity contribution in [1.82, 2.24) is 0 Å². The average Bonchev–Trinajstić information content (AvgIpc) is 2.12. The summed E-state index contributed by atoms with van der Waals surface area (Å²) in [7, 11) is 1.80. The second-order valence-corrected chi connectivity index (χ2v) is 2.18. The zero-order valence-electron chi connectivity index (χ0n) is 5.11. The van der Waals surface area contributed by atoms with E-state index in [0.717, 1.165) is 19.4 Å². The smallest absolute Gasteiger partial charge is 0.182 e. The van der Waals surface area contributed by atoms with Crippen molar-refractivity contribution in [3.63, 3.8) is 0 Å². The average molecular weight is 116 g/mol. The van der Waals surface area contributed by atoms with Crippen LogP contribution in [0.2, 0.25) is 0 Å². The highest BCUT2D eigenvalue weighted by molar-refractivity contribution is 4.51. The van der Waals surface area contributed by atoms with Crippen LogP contribution in [0.3, 0.4) is 0 Å². The fourth-order valence-corrected chi connectivity index (χ4v) is 0.919. The van der Waals surface area contributed by atoms with Crippen LogP contribution in [-0.4, -0.2) is 19.9 Å². The number of nitrogens with one attached hydrogen (secondary N) is 2. The highest BCUT2D eigenvalue weighted by Gasteiger charge is 2.17. The molecular formula is C5H12N2O. The first-order valence-corrected chi connectivity index (χ1v) is 2.97. The van der Waals surface area contributed by atoms with Crippen molar-refractivity contribution in [1.29, 1.82) is 0 Å². The second-order valence-electron chi connectivity index (χ2n) is 2.18. The maximum Gasteiger partial charge on any atom is 0.182 e. The summed E-state index contributed by atoms with van der Waals surface area (Å²) in [5.41, 5.74) is 0. The Balaban J connectivity index is 2.24. The molecule has 0 amide bonds. The summed E-state index contributed by atoms with van der Waals surface area (Å²) in [4.78, 5) is 0. The van der Waals surface area contributed by atoms with Crippen LogP contribution in [0.25, 0.3) is 5.84 Å². The molecule has 0 saturated carbocycles. The van der Waals surface area contributed by atoms with E-state index in [4.69, 9.17) is 10.6 Å². The summed E-state index contributed by atoms with van der Waals surface area (Å²) in [6.07, 6.45) is 2.32. The molecule has 48 valence electrons. The molecule has 1 rings (SSSR count). The van der Waals surface area contributed by atoms with Gasteiger partial charge in [0.1, 0.15) is 0 Å². The standard InChI is InChI=1S/C5H12N2O/c1-7(6)5-3-2-4-8-5/h5-7H,2-4H2,1H3. The fraction of sp³-hybridized carbons (Fsp3) is 1.00. The van der Waals surface area contributed by atoms with E-state index < -0.39 is 0 Å². The van der Waals surface area contributed by atoms with E-state index in [2.05, 4.69) is 0 Å². The summed E-state index contributed by atoms with van der Waals surface area (Å²) in [6.45, 7) is 0.848. The first kappa shape index (κ1) is 6.01. The number of rotatable bonds is 1. The van der Waals surface area contributed by atoms with Gasteiger partial charge in [-0.3, -0.25) is 0 Å². The maximum absolute atomic E-state index is 7.17. The van der Waals surface area contributed by atoms with Gasteiger partial charge in [-0.2, -0.15) is 0 Å². The molecule has 1 aliphatic heterocycles. The van der Waals surface area contributed by atoms with Gasteiger partial charge in [0.25, 0.3) is 0 Å². The molecule has 0 aromatic carbocycles. The largest absolute Gasteiger partial charge is 0.468 e. The Kier molecular flexibility index (Phi) is 1.83. The fourth-order valence-electron chi connectivity index (χ4n) is 0.919. The molecule has 2 N–H and O–H groups in total. The predicted octanol–water partition coefficient (Wildman–Crippen LogP) is -0.395. The molecule has 0 spiro atoms. The number of hydrogen-bond donors (Lipinski definition) is 1. The highest BCUT2D eigenvalue weighted by Crippen LogP contribution is 2.04. The molecule has 0 radical (unpaired) electrons. The van der Waals surface area contributed by atoms with E-state index in [1.807, 2.05) is 0 Å². The Bertz CT molecular complexity index is 68.8. The van der Waals surface area contributed by atoms with Crippen molar-refractivity contribution in [2.45, 2.75) is 19.1 Å². The first-order chi connectivity index (χ1) is 3.80. The Morgan fingerprint density at radius 1 is 1.75 bits per heavy atom. The third-order valence-electron chi connectivity index (χ3n) is 1.41. The van der Waals surface area contributed by atoms with Crippen molar-refractivity contribution in [2.24, 2.45) is 0 Å². The van der Waals surface area contributed by atoms with Gasteiger partial charge < -0.3 is 15.6 Å². The molecule has 3 heteroatoms. The molecule has 3 nitrogen and oxygen atoms in total. The Morgan fingerprint density at radius 2 is 2.50 bits per heavy atom. The number of quaternary nitrogens is 1. The van der Waals surface area contributed by atoms with Gasteiger partial charge in [-0.05, 0) is 6.42 Å². The van der Waals surface area contributed by atoms with E-state index in [1.165, 1.54) is 0 Å². The lowest BCUT2D eigenvalue weighted by molar-refractivity contribution is -0.879. The highest BCUT2D eigenvalue weighted by atomic mass is 16.5. The molecule has 1 heterocycles. The van der Waals surface area contributed by atoms with Gasteiger partial charge in [0.15, 0.2) is 6.23 Å². The minimum atomic E-state index is 0.148. The van der Waals surface area contributed by atoms with Gasteiger partial charge in [0, 0.05) is 6.42 Å². The molecule has 1 saturated heterocycles. The molecule has 1 fully saturated rings. The van der Waals surface area contributed by atoms with E-state index in [0.29, 0.717) is 5.01 Å². The lowest BCUT2D eigenvalue weighted by atomic mass is 10.3. The lowest BCUT2D eigenvalue weighted by Crippen LogP contribution is -3.06. The number of hydrogen-bond acceptors (Lipinski definition) is 1. The zero-order valence-corrected chi connectivity index (χ0v) is 5.11. The Hall–Kier alpha value is -0.120. The topological polar surface area (TPSA) is 37.5 Å². The van der Waals surface area contributed by atoms with Gasteiger partial charge in [-0.1, -0.05) is 0 Å². The molecule has 1 aliphatic rings. The van der Waals surface area contributed by atoms with Crippen LogP contribution in [0.1, 0.15) is 12.8 Å². The maximum atomic E-state index is 7.17. The zero-order chi connectivity index (χ0) is 5.98. The third kappa shape index (κ3) is 1.18. The van der Waals surface area contributed by atoms with Crippen LogP contribution in [0.5, 0.6) is 0 Å². The lowest BCUT2D eigenvalue weighted by Gasteiger charge is -2.21. The monoisotopic (exact) mass is 116 g/mol. The summed E-state index contributed by atoms with van der Waals surface area (Å²) < 4.78 is 5.19. The van der Waals surface area contributed by atoms with E-state index in [9.17, 15) is 0 Å². The minimum absolute atomic E-state index is 0.148. The van der Waals surface area contributed by atoms with Gasteiger partial charge >= 0.3 is 0 Å². The first-order valence-electron chi connectivity index (χ1n) is 2.97. The van der Waals surface area contributed by atoms with Crippen molar-refractivity contribution >= 4 is 0 Å². The van der Waals surface area contributed by atoms with E-state index in [-0.39, 0.29) is 6.23 Å². The van der Waals surface area contributed by atoms with Crippen LogP contribution >= 0.6 is 0 Å². The normalized spacial score (nSPS) is 33.0. The molecule has 0 aliphatic carbocycles. The van der Waals surface area contributed by atoms with Crippen LogP contribution in [0, 0.1) is 0 Å². The summed E-state index contributed by atoms with van der Waals surface area (Å²) in [5, 5.41) is 0.669. The third-order valence-corrected chi connectivity index (χ3v) is 1.41. The van der Waals surface area contributed by atoms with E-state index in [1.54, 1.807) is 7.05 Å².